The molecule has 5 heteroatoms. The molecule has 0 saturated carbocycles. The topological polar surface area (TPSA) is 56.2 Å². The van der Waals surface area contributed by atoms with Crippen LogP contribution in [-0.4, -0.2) is 14.4 Å². The molecule has 3 aromatic rings. The molecule has 90 valence electrons. The van der Waals surface area contributed by atoms with E-state index in [0.29, 0.717) is 0 Å². The van der Waals surface area contributed by atoms with E-state index >= 15 is 0 Å². The summed E-state index contributed by atoms with van der Waals surface area (Å²) in [6, 6.07) is 7.54. The lowest BCUT2D eigenvalue weighted by molar-refractivity contribution is 0.812. The van der Waals surface area contributed by atoms with E-state index in [0.717, 1.165) is 21.4 Å². The SMILES string of the molecule is NC(c1ccncc1)c1cnc2ccc(Br)cn12. The van der Waals surface area contributed by atoms with Gasteiger partial charge in [-0.1, -0.05) is 0 Å². The molecule has 18 heavy (non-hydrogen) atoms. The Morgan fingerprint density at radius 2 is 1.94 bits per heavy atom. The van der Waals surface area contributed by atoms with Gasteiger partial charge in [0.05, 0.1) is 17.9 Å². The van der Waals surface area contributed by atoms with Crippen molar-refractivity contribution in [3.05, 3.63) is 64.8 Å². The molecule has 3 heterocycles. The molecule has 4 nitrogen and oxygen atoms in total. The Bertz CT molecular complexity index is 678. The fraction of sp³-hybridized carbons (Fsp3) is 0.0769. The van der Waals surface area contributed by atoms with Crippen molar-refractivity contribution < 1.29 is 0 Å². The highest BCUT2D eigenvalue weighted by atomic mass is 79.9. The van der Waals surface area contributed by atoms with Crippen molar-refractivity contribution in [2.45, 2.75) is 6.04 Å². The van der Waals surface area contributed by atoms with Crippen LogP contribution in [0.2, 0.25) is 0 Å². The van der Waals surface area contributed by atoms with Gasteiger partial charge < -0.3 is 10.1 Å². The van der Waals surface area contributed by atoms with Gasteiger partial charge in [-0.05, 0) is 45.8 Å². The fourth-order valence-electron chi connectivity index (χ4n) is 1.95. The molecule has 0 fully saturated rings. The number of hydrogen-bond acceptors (Lipinski definition) is 3. The molecule has 1 atom stereocenters. The Hall–Kier alpha value is -1.72. The summed E-state index contributed by atoms with van der Waals surface area (Å²) in [6.45, 7) is 0. The number of halogens is 1. The maximum absolute atomic E-state index is 6.27. The van der Waals surface area contributed by atoms with Gasteiger partial charge in [0.15, 0.2) is 0 Å². The third kappa shape index (κ3) is 1.91. The molecule has 0 aliphatic rings. The molecule has 0 radical (unpaired) electrons. The van der Waals surface area contributed by atoms with E-state index in [4.69, 9.17) is 5.73 Å². The molecular formula is C13H11BrN4. The molecule has 0 aliphatic heterocycles. The smallest absolute Gasteiger partial charge is 0.137 e. The second-order valence-corrected chi connectivity index (χ2v) is 4.93. The zero-order valence-electron chi connectivity index (χ0n) is 9.49. The second-order valence-electron chi connectivity index (χ2n) is 4.02. The summed E-state index contributed by atoms with van der Waals surface area (Å²) in [4.78, 5) is 8.35. The van der Waals surface area contributed by atoms with E-state index in [1.807, 2.05) is 41.1 Å². The lowest BCUT2D eigenvalue weighted by Gasteiger charge is -2.11. The predicted octanol–water partition coefficient (Wildman–Crippen LogP) is 2.54. The Kier molecular flexibility index (Phi) is 2.85. The van der Waals surface area contributed by atoms with Gasteiger partial charge in [0, 0.05) is 23.1 Å². The van der Waals surface area contributed by atoms with Gasteiger partial charge in [-0.25, -0.2) is 4.98 Å². The predicted molar refractivity (Wildman–Crippen MR) is 73.2 cm³/mol. The molecule has 3 rings (SSSR count). The van der Waals surface area contributed by atoms with Crippen molar-refractivity contribution in [3.63, 3.8) is 0 Å². The molecule has 0 bridgehead atoms. The zero-order valence-corrected chi connectivity index (χ0v) is 11.1. The first-order valence-corrected chi connectivity index (χ1v) is 6.33. The van der Waals surface area contributed by atoms with Crippen molar-refractivity contribution in [3.8, 4) is 0 Å². The van der Waals surface area contributed by atoms with Gasteiger partial charge >= 0.3 is 0 Å². The van der Waals surface area contributed by atoms with Crippen molar-refractivity contribution in [1.82, 2.24) is 14.4 Å². The van der Waals surface area contributed by atoms with Gasteiger partial charge in [0.1, 0.15) is 5.65 Å². The number of pyridine rings is 2. The summed E-state index contributed by atoms with van der Waals surface area (Å²) >= 11 is 3.46. The Morgan fingerprint density at radius 3 is 2.72 bits per heavy atom. The van der Waals surface area contributed by atoms with Crippen LogP contribution in [0.25, 0.3) is 5.65 Å². The van der Waals surface area contributed by atoms with Gasteiger partial charge in [0.25, 0.3) is 0 Å². The van der Waals surface area contributed by atoms with Gasteiger partial charge in [0.2, 0.25) is 0 Å². The van der Waals surface area contributed by atoms with Crippen molar-refractivity contribution in [2.24, 2.45) is 5.73 Å². The minimum atomic E-state index is -0.211. The quantitative estimate of drug-likeness (QED) is 0.791. The number of fused-ring (bicyclic) bond motifs is 1. The van der Waals surface area contributed by atoms with Crippen LogP contribution in [0.3, 0.4) is 0 Å². The van der Waals surface area contributed by atoms with Crippen LogP contribution in [0.1, 0.15) is 17.3 Å². The Balaban J connectivity index is 2.12. The molecule has 1 unspecified atom stereocenters. The van der Waals surface area contributed by atoms with Crippen LogP contribution >= 0.6 is 15.9 Å². The summed E-state index contributed by atoms with van der Waals surface area (Å²) in [6.07, 6.45) is 7.27. The number of nitrogens with zero attached hydrogens (tertiary/aromatic N) is 3. The molecule has 0 spiro atoms. The van der Waals surface area contributed by atoms with Crippen LogP contribution in [-0.2, 0) is 0 Å². The number of rotatable bonds is 2. The van der Waals surface area contributed by atoms with Crippen molar-refractivity contribution >= 4 is 21.6 Å². The molecule has 0 aliphatic carbocycles. The average Bonchev–Trinajstić information content (AvgIpc) is 2.82. The highest BCUT2D eigenvalue weighted by Crippen LogP contribution is 2.21. The fourth-order valence-corrected chi connectivity index (χ4v) is 2.28. The standard InChI is InChI=1S/C13H11BrN4/c14-10-1-2-12-17-7-11(18(12)8-10)13(15)9-3-5-16-6-4-9/h1-8,13H,15H2. The van der Waals surface area contributed by atoms with Gasteiger partial charge in [-0.15, -0.1) is 0 Å². The summed E-state index contributed by atoms with van der Waals surface area (Å²) in [5.41, 5.74) is 9.14. The largest absolute Gasteiger partial charge is 0.319 e. The van der Waals surface area contributed by atoms with Crippen LogP contribution in [0.4, 0.5) is 0 Å². The van der Waals surface area contributed by atoms with E-state index in [9.17, 15) is 0 Å². The number of hydrogen-bond donors (Lipinski definition) is 1. The van der Waals surface area contributed by atoms with E-state index < -0.39 is 0 Å². The number of aromatic nitrogens is 3. The molecule has 3 aromatic heterocycles. The Labute approximate surface area is 113 Å². The first-order valence-electron chi connectivity index (χ1n) is 5.54. The minimum Gasteiger partial charge on any atom is -0.319 e. The maximum atomic E-state index is 6.27. The summed E-state index contributed by atoms with van der Waals surface area (Å²) < 4.78 is 2.99. The normalized spacial score (nSPS) is 12.8. The molecule has 2 N–H and O–H groups in total. The molecule has 0 saturated heterocycles. The van der Waals surface area contributed by atoms with Crippen LogP contribution in [0, 0.1) is 0 Å². The molecule has 0 aromatic carbocycles. The summed E-state index contributed by atoms with van der Waals surface area (Å²) in [5.74, 6) is 0. The first kappa shape index (κ1) is 11.4. The van der Waals surface area contributed by atoms with E-state index in [-0.39, 0.29) is 6.04 Å². The van der Waals surface area contributed by atoms with Crippen LogP contribution in [0.5, 0.6) is 0 Å². The highest BCUT2D eigenvalue weighted by molar-refractivity contribution is 9.10. The van der Waals surface area contributed by atoms with Crippen molar-refractivity contribution in [2.75, 3.05) is 0 Å². The van der Waals surface area contributed by atoms with Gasteiger partial charge in [-0.2, -0.15) is 0 Å². The zero-order chi connectivity index (χ0) is 12.5. The number of imidazole rings is 1. The summed E-state index contributed by atoms with van der Waals surface area (Å²) in [5, 5.41) is 0. The monoisotopic (exact) mass is 302 g/mol. The first-order chi connectivity index (χ1) is 8.75. The lowest BCUT2D eigenvalue weighted by Crippen LogP contribution is -2.14. The van der Waals surface area contributed by atoms with Crippen molar-refractivity contribution in [1.29, 1.82) is 0 Å². The third-order valence-electron chi connectivity index (χ3n) is 2.88. The van der Waals surface area contributed by atoms with E-state index in [1.54, 1.807) is 12.4 Å². The second kappa shape index (κ2) is 4.51. The summed E-state index contributed by atoms with van der Waals surface area (Å²) in [7, 11) is 0. The maximum Gasteiger partial charge on any atom is 0.137 e. The van der Waals surface area contributed by atoms with Gasteiger partial charge in [-0.3, -0.25) is 4.98 Å². The van der Waals surface area contributed by atoms with E-state index in [2.05, 4.69) is 25.9 Å². The lowest BCUT2D eigenvalue weighted by atomic mass is 10.1. The Morgan fingerprint density at radius 1 is 1.17 bits per heavy atom. The highest BCUT2D eigenvalue weighted by Gasteiger charge is 2.13. The van der Waals surface area contributed by atoms with Crippen LogP contribution in [0.15, 0.2) is 53.5 Å². The van der Waals surface area contributed by atoms with Crippen LogP contribution < -0.4 is 5.73 Å². The van der Waals surface area contributed by atoms with E-state index in [1.165, 1.54) is 0 Å². The third-order valence-corrected chi connectivity index (χ3v) is 3.35. The minimum absolute atomic E-state index is 0.211. The number of nitrogens with two attached hydrogens (primary N) is 1. The molecule has 0 amide bonds. The average molecular weight is 303 g/mol. The molecular weight excluding hydrogens is 292 g/mol.